The third-order valence-corrected chi connectivity index (χ3v) is 2.78. The fourth-order valence-electron chi connectivity index (χ4n) is 1.74. The van der Waals surface area contributed by atoms with Gasteiger partial charge in [-0.1, -0.05) is 17.7 Å². The van der Waals surface area contributed by atoms with E-state index in [0.717, 1.165) is 10.9 Å². The molecule has 0 radical (unpaired) electrons. The standard InChI is InChI=1S/C11H12ClN3O/c1-6(13)10(16)7-4-3-5-8-9(7)15(2)14-11(8)12/h3-6H,13H2,1-2H3. The summed E-state index contributed by atoms with van der Waals surface area (Å²) in [5, 5.41) is 5.26. The molecule has 0 saturated carbocycles. The first-order valence-corrected chi connectivity index (χ1v) is 5.31. The monoisotopic (exact) mass is 237 g/mol. The third-order valence-electron chi connectivity index (χ3n) is 2.50. The number of ketones is 1. The van der Waals surface area contributed by atoms with Crippen LogP contribution >= 0.6 is 11.6 Å². The zero-order valence-corrected chi connectivity index (χ0v) is 9.82. The van der Waals surface area contributed by atoms with Crippen LogP contribution in [0.2, 0.25) is 5.15 Å². The van der Waals surface area contributed by atoms with Crippen molar-refractivity contribution in [3.05, 3.63) is 28.9 Å². The molecule has 2 rings (SSSR count). The molecule has 0 saturated heterocycles. The molecule has 0 spiro atoms. The number of aryl methyl sites for hydroxylation is 1. The fourth-order valence-corrected chi connectivity index (χ4v) is 2.00. The van der Waals surface area contributed by atoms with Crippen LogP contribution in [0.15, 0.2) is 18.2 Å². The summed E-state index contributed by atoms with van der Waals surface area (Å²) < 4.78 is 1.60. The molecule has 5 heteroatoms. The van der Waals surface area contributed by atoms with E-state index >= 15 is 0 Å². The lowest BCUT2D eigenvalue weighted by atomic mass is 10.0. The molecule has 0 amide bonds. The van der Waals surface area contributed by atoms with Crippen molar-refractivity contribution in [1.82, 2.24) is 9.78 Å². The van der Waals surface area contributed by atoms with Crippen LogP contribution in [0.25, 0.3) is 10.9 Å². The molecule has 1 aromatic carbocycles. The SMILES string of the molecule is CC(N)C(=O)c1cccc2c(Cl)nn(C)c12. The van der Waals surface area contributed by atoms with E-state index in [2.05, 4.69) is 5.10 Å². The topological polar surface area (TPSA) is 60.9 Å². The number of hydrogen-bond acceptors (Lipinski definition) is 3. The van der Waals surface area contributed by atoms with Gasteiger partial charge < -0.3 is 5.73 Å². The lowest BCUT2D eigenvalue weighted by molar-refractivity contribution is 0.0969. The normalized spacial score (nSPS) is 13.0. The van der Waals surface area contributed by atoms with Gasteiger partial charge in [-0.25, -0.2) is 0 Å². The van der Waals surface area contributed by atoms with E-state index < -0.39 is 6.04 Å². The Kier molecular flexibility index (Phi) is 2.69. The van der Waals surface area contributed by atoms with Crippen LogP contribution in [0.4, 0.5) is 0 Å². The molecule has 4 nitrogen and oxygen atoms in total. The van der Waals surface area contributed by atoms with E-state index in [0.29, 0.717) is 10.7 Å². The molecule has 1 atom stereocenters. The predicted octanol–water partition coefficient (Wildman–Crippen LogP) is 1.76. The van der Waals surface area contributed by atoms with Crippen LogP contribution in [-0.4, -0.2) is 21.6 Å². The van der Waals surface area contributed by atoms with Crippen LogP contribution in [0.5, 0.6) is 0 Å². The van der Waals surface area contributed by atoms with Crippen molar-refractivity contribution in [2.24, 2.45) is 12.8 Å². The second-order valence-corrected chi connectivity index (χ2v) is 4.13. The van der Waals surface area contributed by atoms with Crippen molar-refractivity contribution in [2.45, 2.75) is 13.0 Å². The van der Waals surface area contributed by atoms with Crippen molar-refractivity contribution in [3.8, 4) is 0 Å². The molecule has 0 fully saturated rings. The number of rotatable bonds is 2. The summed E-state index contributed by atoms with van der Waals surface area (Å²) in [6.07, 6.45) is 0. The van der Waals surface area contributed by atoms with Crippen molar-refractivity contribution < 1.29 is 4.79 Å². The lowest BCUT2D eigenvalue weighted by Gasteiger charge is -2.06. The number of carbonyl (C=O) groups excluding carboxylic acids is 1. The van der Waals surface area contributed by atoms with Gasteiger partial charge in [-0.2, -0.15) is 5.10 Å². The maximum absolute atomic E-state index is 11.9. The average molecular weight is 238 g/mol. The largest absolute Gasteiger partial charge is 0.321 e. The molecular weight excluding hydrogens is 226 g/mol. The third kappa shape index (κ3) is 1.60. The van der Waals surface area contributed by atoms with Gasteiger partial charge in [-0.05, 0) is 19.1 Å². The van der Waals surface area contributed by atoms with Crippen molar-refractivity contribution >= 4 is 28.3 Å². The number of para-hydroxylation sites is 1. The first-order valence-electron chi connectivity index (χ1n) is 4.93. The number of nitrogens with two attached hydrogens (primary N) is 1. The van der Waals surface area contributed by atoms with E-state index in [9.17, 15) is 4.79 Å². The summed E-state index contributed by atoms with van der Waals surface area (Å²) in [6, 6.07) is 4.83. The van der Waals surface area contributed by atoms with Gasteiger partial charge in [-0.15, -0.1) is 0 Å². The van der Waals surface area contributed by atoms with Crippen LogP contribution in [-0.2, 0) is 7.05 Å². The van der Waals surface area contributed by atoms with E-state index in [-0.39, 0.29) is 5.78 Å². The lowest BCUT2D eigenvalue weighted by Crippen LogP contribution is -2.27. The van der Waals surface area contributed by atoms with Crippen LogP contribution in [0.1, 0.15) is 17.3 Å². The number of carbonyl (C=O) groups is 1. The minimum Gasteiger partial charge on any atom is -0.321 e. The second kappa shape index (κ2) is 3.88. The highest BCUT2D eigenvalue weighted by Gasteiger charge is 2.18. The van der Waals surface area contributed by atoms with Crippen LogP contribution in [0, 0.1) is 0 Å². The Morgan fingerprint density at radius 2 is 2.25 bits per heavy atom. The Hall–Kier alpha value is -1.39. The smallest absolute Gasteiger partial charge is 0.181 e. The number of benzene rings is 1. The molecule has 2 aromatic rings. The zero-order valence-electron chi connectivity index (χ0n) is 9.07. The molecule has 1 unspecified atom stereocenters. The Labute approximate surface area is 98.0 Å². The highest BCUT2D eigenvalue weighted by molar-refractivity contribution is 6.34. The van der Waals surface area contributed by atoms with Crippen molar-refractivity contribution in [1.29, 1.82) is 0 Å². The quantitative estimate of drug-likeness (QED) is 0.810. The average Bonchev–Trinajstić information content (AvgIpc) is 2.54. The summed E-state index contributed by atoms with van der Waals surface area (Å²) in [6.45, 7) is 1.67. The van der Waals surface area contributed by atoms with E-state index in [1.807, 2.05) is 6.07 Å². The molecule has 16 heavy (non-hydrogen) atoms. The van der Waals surface area contributed by atoms with Gasteiger partial charge in [0.1, 0.15) is 0 Å². The summed E-state index contributed by atoms with van der Waals surface area (Å²) in [7, 11) is 1.76. The molecule has 84 valence electrons. The van der Waals surface area contributed by atoms with Gasteiger partial charge >= 0.3 is 0 Å². The molecule has 0 aliphatic heterocycles. The Morgan fingerprint density at radius 3 is 2.88 bits per heavy atom. The zero-order chi connectivity index (χ0) is 11.9. The first kappa shape index (κ1) is 11.1. The highest BCUT2D eigenvalue weighted by Crippen LogP contribution is 2.25. The molecule has 0 aliphatic carbocycles. The summed E-state index contributed by atoms with van der Waals surface area (Å²) in [5.74, 6) is -0.106. The Balaban J connectivity index is 2.76. The number of halogens is 1. The van der Waals surface area contributed by atoms with Crippen molar-refractivity contribution in [2.75, 3.05) is 0 Å². The van der Waals surface area contributed by atoms with E-state index in [1.165, 1.54) is 0 Å². The molecule has 1 aromatic heterocycles. The summed E-state index contributed by atoms with van der Waals surface area (Å²) in [4.78, 5) is 11.9. The molecule has 0 aliphatic rings. The van der Waals surface area contributed by atoms with Gasteiger partial charge in [0.15, 0.2) is 10.9 Å². The van der Waals surface area contributed by atoms with E-state index in [1.54, 1.807) is 30.8 Å². The van der Waals surface area contributed by atoms with Crippen LogP contribution in [0.3, 0.4) is 0 Å². The predicted molar refractivity (Wildman–Crippen MR) is 63.7 cm³/mol. The maximum atomic E-state index is 11.9. The van der Waals surface area contributed by atoms with Gasteiger partial charge in [0.25, 0.3) is 0 Å². The Morgan fingerprint density at radius 1 is 1.56 bits per heavy atom. The number of nitrogens with zero attached hydrogens (tertiary/aromatic N) is 2. The molecule has 2 N–H and O–H groups in total. The fraction of sp³-hybridized carbons (Fsp3) is 0.273. The number of fused-ring (bicyclic) bond motifs is 1. The number of hydrogen-bond donors (Lipinski definition) is 1. The van der Waals surface area contributed by atoms with Gasteiger partial charge in [0.05, 0.1) is 11.6 Å². The van der Waals surface area contributed by atoms with Crippen molar-refractivity contribution in [3.63, 3.8) is 0 Å². The molecular formula is C11H12ClN3O. The summed E-state index contributed by atoms with van der Waals surface area (Å²) in [5.41, 5.74) is 6.90. The summed E-state index contributed by atoms with van der Waals surface area (Å²) >= 11 is 5.96. The minimum atomic E-state index is -0.528. The number of aromatic nitrogens is 2. The highest BCUT2D eigenvalue weighted by atomic mass is 35.5. The molecule has 1 heterocycles. The second-order valence-electron chi connectivity index (χ2n) is 3.77. The first-order chi connectivity index (χ1) is 7.52. The maximum Gasteiger partial charge on any atom is 0.181 e. The number of Topliss-reactive ketones (excluding diaryl/α,β-unsaturated/α-hetero) is 1. The van der Waals surface area contributed by atoms with Crippen LogP contribution < -0.4 is 5.73 Å². The molecule has 0 bridgehead atoms. The van der Waals surface area contributed by atoms with Gasteiger partial charge in [-0.3, -0.25) is 9.48 Å². The van der Waals surface area contributed by atoms with Gasteiger partial charge in [0.2, 0.25) is 0 Å². The minimum absolute atomic E-state index is 0.106. The Bertz CT molecular complexity index is 560. The van der Waals surface area contributed by atoms with Gasteiger partial charge in [0, 0.05) is 18.0 Å². The van der Waals surface area contributed by atoms with E-state index in [4.69, 9.17) is 17.3 Å².